The zero-order chi connectivity index (χ0) is 67.9. The van der Waals surface area contributed by atoms with E-state index in [4.69, 9.17) is 47.5 Å². The summed E-state index contributed by atoms with van der Waals surface area (Å²) in [6.45, 7) is 4.07. The molecule has 0 saturated carbocycles. The van der Waals surface area contributed by atoms with Gasteiger partial charge in [-0.05, 0) is 75.5 Å². The van der Waals surface area contributed by atoms with E-state index in [1.54, 1.807) is 66.5 Å². The van der Waals surface area contributed by atoms with Crippen LogP contribution in [0.5, 0.6) is 0 Å². The van der Waals surface area contributed by atoms with Crippen LogP contribution in [-0.4, -0.2) is 242 Å². The highest BCUT2D eigenvalue weighted by Gasteiger charge is 2.25. The number of nitrogens with one attached hydrogen (secondary N) is 4. The number of rotatable bonds is 32. The molecule has 0 aliphatic heterocycles. The van der Waals surface area contributed by atoms with Crippen LogP contribution in [0.15, 0.2) is 65.7 Å². The van der Waals surface area contributed by atoms with Crippen LogP contribution in [0.3, 0.4) is 0 Å². The number of esters is 1. The molecule has 34 nitrogen and oxygen atoms in total. The number of benzene rings is 2. The first-order valence-corrected chi connectivity index (χ1v) is 28.5. The maximum atomic E-state index is 12.9. The number of nitrogens with zero attached hydrogens (tertiary/aromatic N) is 10. The molecule has 0 radical (unpaired) electrons. The van der Waals surface area contributed by atoms with Gasteiger partial charge in [0.25, 0.3) is 11.5 Å². The number of aliphatic hydroxyl groups is 7. The first kappa shape index (κ1) is 76.0. The lowest BCUT2D eigenvalue weighted by Gasteiger charge is -2.22. The Labute approximate surface area is 522 Å². The van der Waals surface area contributed by atoms with Gasteiger partial charge in [-0.25, -0.2) is 24.7 Å². The summed E-state index contributed by atoms with van der Waals surface area (Å²) in [5.41, 5.74) is 20.4. The summed E-state index contributed by atoms with van der Waals surface area (Å²) in [5, 5.41) is 90.1. The molecular weight excluding hydrogens is 1190 g/mol. The second-order valence-electron chi connectivity index (χ2n) is 20.4. The van der Waals surface area contributed by atoms with E-state index in [9.17, 15) is 54.0 Å². The third-order valence-corrected chi connectivity index (χ3v) is 12.8. The van der Waals surface area contributed by atoms with E-state index in [0.717, 1.165) is 5.69 Å². The predicted octanol–water partition coefficient (Wildman–Crippen LogP) is -2.27. The van der Waals surface area contributed by atoms with Crippen molar-refractivity contribution in [3.63, 3.8) is 0 Å². The van der Waals surface area contributed by atoms with Crippen LogP contribution in [-0.2, 0) is 37.0 Å². The number of aliphatic hydroxyl groups excluding tert-OH is 7. The van der Waals surface area contributed by atoms with Crippen molar-refractivity contribution in [1.29, 1.82) is 0 Å². The van der Waals surface area contributed by atoms with Crippen LogP contribution >= 0.6 is 0 Å². The first-order valence-electron chi connectivity index (χ1n) is 28.5. The highest BCUT2D eigenvalue weighted by molar-refractivity contribution is 5.98. The van der Waals surface area contributed by atoms with Crippen LogP contribution in [0.2, 0.25) is 0 Å². The summed E-state index contributed by atoms with van der Waals surface area (Å²) >= 11 is 0. The minimum absolute atomic E-state index is 0.00585. The average Bonchev–Trinajstić information content (AvgIpc) is 1.10. The maximum absolute atomic E-state index is 12.9. The molecule has 2 aromatic carbocycles. The van der Waals surface area contributed by atoms with E-state index in [1.165, 1.54) is 25.4 Å². The predicted molar refractivity (Wildman–Crippen MR) is 333 cm³/mol. The quantitative estimate of drug-likeness (QED) is 0.0156. The van der Waals surface area contributed by atoms with Crippen molar-refractivity contribution in [3.8, 4) is 0 Å². The fourth-order valence-corrected chi connectivity index (χ4v) is 8.20. The molecular formula is C57H83N17O17. The van der Waals surface area contributed by atoms with E-state index in [2.05, 4.69) is 55.8 Å². The molecule has 19 N–H and O–H groups in total. The van der Waals surface area contributed by atoms with Crippen LogP contribution in [0.25, 0.3) is 22.3 Å². The number of Topliss-reactive ketones (excluding diaryl/α,β-unsaturated/α-hetero) is 1. The molecule has 0 saturated heterocycles. The molecule has 34 heteroatoms. The zero-order valence-electron chi connectivity index (χ0n) is 51.3. The third kappa shape index (κ3) is 26.8. The fraction of sp³-hybridized carbons (Fsp3) is 0.474. The molecule has 0 bridgehead atoms. The Balaban J connectivity index is 0.000000403. The summed E-state index contributed by atoms with van der Waals surface area (Å²) in [4.78, 5) is 120. The minimum Gasteiger partial charge on any atom is -0.481 e. The van der Waals surface area contributed by atoms with Crippen molar-refractivity contribution >= 4 is 86.9 Å². The Morgan fingerprint density at radius 1 is 0.659 bits per heavy atom. The van der Waals surface area contributed by atoms with Gasteiger partial charge < -0.3 is 98.5 Å². The molecule has 0 aliphatic carbocycles. The number of carboxylic acid groups (broad SMARTS) is 2. The molecule has 0 aliphatic rings. The van der Waals surface area contributed by atoms with Gasteiger partial charge in [0.05, 0.1) is 80.9 Å². The van der Waals surface area contributed by atoms with Crippen molar-refractivity contribution in [2.45, 2.75) is 89.5 Å². The molecule has 498 valence electrons. The van der Waals surface area contributed by atoms with Crippen LogP contribution in [0.1, 0.15) is 78.1 Å². The maximum Gasteiger partial charge on any atom is 0.326 e. The summed E-state index contributed by atoms with van der Waals surface area (Å²) in [6.07, 6.45) is -1.28. The van der Waals surface area contributed by atoms with Gasteiger partial charge in [0, 0.05) is 82.0 Å². The van der Waals surface area contributed by atoms with Gasteiger partial charge in [-0.15, -0.1) is 0 Å². The van der Waals surface area contributed by atoms with Gasteiger partial charge in [0.15, 0.2) is 33.9 Å². The number of nitrogen functional groups attached to an aromatic ring is 3. The molecule has 4 aromatic heterocycles. The van der Waals surface area contributed by atoms with Gasteiger partial charge in [-0.2, -0.15) is 15.0 Å². The number of likely N-dealkylation sites (N-methyl/N-ethyl adjacent to an activating group) is 2. The van der Waals surface area contributed by atoms with Gasteiger partial charge >= 0.3 is 17.9 Å². The molecule has 6 aromatic rings. The van der Waals surface area contributed by atoms with Gasteiger partial charge in [0.1, 0.15) is 18.8 Å². The number of anilines is 5. The number of ether oxygens (including phenoxy) is 1. The van der Waals surface area contributed by atoms with E-state index in [0.29, 0.717) is 34.7 Å². The van der Waals surface area contributed by atoms with Crippen molar-refractivity contribution in [2.24, 2.45) is 5.92 Å². The summed E-state index contributed by atoms with van der Waals surface area (Å²) in [6, 6.07) is 11.8. The Kier molecular flexibility index (Phi) is 32.6. The number of carbonyl (C=O) groups is 6. The number of carbonyl (C=O) groups excluding carboxylic acids is 4. The lowest BCUT2D eigenvalue weighted by molar-refractivity contribution is -0.148. The fourth-order valence-electron chi connectivity index (χ4n) is 8.20. The van der Waals surface area contributed by atoms with E-state index in [1.807, 2.05) is 25.8 Å². The number of amides is 2. The average molecular weight is 1280 g/mol. The van der Waals surface area contributed by atoms with Gasteiger partial charge in [-0.3, -0.25) is 33.8 Å². The van der Waals surface area contributed by atoms with E-state index >= 15 is 0 Å². The number of hydrogen-bond donors (Lipinski definition) is 16. The smallest absolute Gasteiger partial charge is 0.326 e. The van der Waals surface area contributed by atoms with Gasteiger partial charge in [-0.1, -0.05) is 13.8 Å². The largest absolute Gasteiger partial charge is 0.481 e. The highest BCUT2D eigenvalue weighted by atomic mass is 16.5. The lowest BCUT2D eigenvalue weighted by atomic mass is 9.94. The number of carboxylic acids is 2. The normalized spacial score (nSPS) is 12.9. The summed E-state index contributed by atoms with van der Waals surface area (Å²) < 4.78 is 5.03. The molecule has 0 fully saturated rings. The van der Waals surface area contributed by atoms with Crippen molar-refractivity contribution in [3.05, 3.63) is 93.8 Å². The van der Waals surface area contributed by atoms with Crippen molar-refractivity contribution < 1.29 is 79.5 Å². The number of nitrogens with two attached hydrogens (primary N) is 3. The standard InChI is InChI=1S/C28H38N8O8.C20H22N8O5.C7H17NO4.C2H6/c1-35(12-20(38)14-37)13-21(39)15-44-23(41)8-5-17(27(42)43)9-22(40)16-3-6-19(7-4-16)36(2)11-18-10-31-26-24(32-18)25(29)33-28(30)34-26;1-22-14(29)7-6-13(19(32)33)26-17(30)10-2-4-11(5-3-10)23-8-12-9-24-16-15(25-12)18(31)28-20(21)27-16;1-8(2-6(11)4-9)3-7(12)5-10;1-2/h3-4,6-7,10,17,20-21,37-39H,5,8-9,11-15H2,1-2H3,(H,42,43)(H4,29,30,31,33,34);2-5,9,13,23H,6-8H2,1H3,(H,22,29)(H,26,30)(H,32,33)(H3,21,24,27,28,31);6-7,9-12H,2-5H2,1H3;1-2H3/t17-,20?,21?;13-;;/m10../s1. The number of aromatic nitrogens is 8. The lowest BCUT2D eigenvalue weighted by Crippen LogP contribution is -2.41. The number of hydrogen-bond acceptors (Lipinski definition) is 29. The minimum atomic E-state index is -1.22. The SMILES string of the molecule is CC.CN(CC(O)CO)CC(O)CO.CN(CC(O)CO)CC(O)COC(=O)CC[C@H](CC(=O)c1ccc(N(C)Cc2cnc3nc(N)nc(N)c3n2)cc1)C(=O)O.CNC(=O)CC[C@H](NC(=O)c1ccc(NCc2cnc3nc(N)[nH]c(=O)c3n2)cc1)C(=O)O. The molecule has 4 heterocycles. The molecule has 6 rings (SSSR count). The first-order chi connectivity index (χ1) is 43.2. The van der Waals surface area contributed by atoms with E-state index in [-0.39, 0.29) is 131 Å². The van der Waals surface area contributed by atoms with E-state index < -0.39 is 78.1 Å². The Hall–Kier alpha value is -9.26. The molecule has 91 heavy (non-hydrogen) atoms. The van der Waals surface area contributed by atoms with Crippen LogP contribution in [0, 0.1) is 5.92 Å². The molecule has 2 amide bonds. The van der Waals surface area contributed by atoms with Crippen LogP contribution in [0.4, 0.5) is 29.1 Å². The Morgan fingerprint density at radius 3 is 1.75 bits per heavy atom. The second-order valence-corrected chi connectivity index (χ2v) is 20.4. The topological polar surface area (TPSA) is 541 Å². The second kappa shape index (κ2) is 39.0. The summed E-state index contributed by atoms with van der Waals surface area (Å²) in [5.74, 6) is -5.43. The number of fused-ring (bicyclic) bond motifs is 2. The third-order valence-electron chi connectivity index (χ3n) is 12.8. The number of ketones is 1. The summed E-state index contributed by atoms with van der Waals surface area (Å²) in [7, 11) is 6.59. The Morgan fingerprint density at radius 2 is 1.20 bits per heavy atom. The van der Waals surface area contributed by atoms with Crippen molar-refractivity contribution in [1.82, 2.24) is 60.3 Å². The Bertz CT molecular complexity index is 3340. The monoisotopic (exact) mass is 1280 g/mol. The molecule has 6 atom stereocenters. The number of H-pyrrole nitrogens is 1. The molecule has 0 spiro atoms. The van der Waals surface area contributed by atoms with Crippen molar-refractivity contribution in [2.75, 3.05) is 108 Å². The molecule has 4 unspecified atom stereocenters. The number of aliphatic carboxylic acids is 2. The highest BCUT2D eigenvalue weighted by Crippen LogP contribution is 2.22. The number of aromatic amines is 1. The zero-order valence-corrected chi connectivity index (χ0v) is 51.3. The van der Waals surface area contributed by atoms with Crippen LogP contribution < -0.4 is 43.6 Å². The van der Waals surface area contributed by atoms with Gasteiger partial charge in [0.2, 0.25) is 17.8 Å².